The number of nitrogens with two attached hydrogens (primary N) is 1. The molecule has 5 aromatic rings. The number of nitrogens with zero attached hydrogens (tertiary/aromatic N) is 2. The fraction of sp³-hybridized carbons (Fsp3) is 0.125. The first-order valence-corrected chi connectivity index (χ1v) is 12.5. The van der Waals surface area contributed by atoms with Gasteiger partial charge in [-0.2, -0.15) is 0 Å². The topological polar surface area (TPSA) is 68.3 Å². The Kier molecular flexibility index (Phi) is 5.81. The number of rotatable bonds is 5. The largest absolute Gasteiger partial charge is 0.366 e. The predicted molar refractivity (Wildman–Crippen MR) is 146 cm³/mol. The van der Waals surface area contributed by atoms with Gasteiger partial charge in [0.25, 0.3) is 5.91 Å². The number of hydrogen-bond acceptors (Lipinski definition) is 2. The third kappa shape index (κ3) is 4.40. The second-order valence-electron chi connectivity index (χ2n) is 9.56. The average molecular weight is 486 g/mol. The summed E-state index contributed by atoms with van der Waals surface area (Å²) in [6.07, 6.45) is 0.842. The van der Waals surface area contributed by atoms with Crippen molar-refractivity contribution in [1.82, 2.24) is 9.47 Å². The van der Waals surface area contributed by atoms with E-state index in [0.29, 0.717) is 30.9 Å². The first-order valence-electron chi connectivity index (χ1n) is 12.5. The van der Waals surface area contributed by atoms with E-state index in [-0.39, 0.29) is 5.91 Å². The summed E-state index contributed by atoms with van der Waals surface area (Å²) >= 11 is 0. The molecule has 5 heteroatoms. The molecule has 37 heavy (non-hydrogen) atoms. The minimum Gasteiger partial charge on any atom is -0.366 e. The lowest BCUT2D eigenvalue weighted by Crippen LogP contribution is -2.37. The Morgan fingerprint density at radius 1 is 0.757 bits per heavy atom. The molecule has 1 aromatic heterocycles. The molecule has 0 atom stereocenters. The summed E-state index contributed by atoms with van der Waals surface area (Å²) in [5.74, 6) is -0.491. The van der Waals surface area contributed by atoms with Crippen LogP contribution in [0.25, 0.3) is 22.0 Å². The highest BCUT2D eigenvalue weighted by molar-refractivity contribution is 6.02. The van der Waals surface area contributed by atoms with Gasteiger partial charge in [-0.05, 0) is 52.4 Å². The molecule has 5 nitrogen and oxygen atoms in total. The van der Waals surface area contributed by atoms with Crippen molar-refractivity contribution in [2.75, 3.05) is 6.54 Å². The van der Waals surface area contributed by atoms with E-state index >= 15 is 0 Å². The standard InChI is InChI=1S/C32H27N3O2/c33-31(36)27-15-14-26-18-30(32(37)34-17-16-24-8-4-5-9-28(24)21-34)35(29(26)19-27)20-22-10-12-25(13-11-22)23-6-2-1-3-7-23/h1-15,18-19H,16-17,20-21H2,(H2,33,36). The highest BCUT2D eigenvalue weighted by atomic mass is 16.2. The molecule has 2 amide bonds. The quantitative estimate of drug-likeness (QED) is 0.349. The van der Waals surface area contributed by atoms with Crippen LogP contribution in [0.4, 0.5) is 0 Å². The fourth-order valence-electron chi connectivity index (χ4n) is 5.20. The molecular formula is C32H27N3O2. The lowest BCUT2D eigenvalue weighted by atomic mass is 10.00. The molecular weight excluding hydrogens is 458 g/mol. The second-order valence-corrected chi connectivity index (χ2v) is 9.56. The monoisotopic (exact) mass is 485 g/mol. The van der Waals surface area contributed by atoms with Gasteiger partial charge in [0, 0.05) is 36.1 Å². The minimum absolute atomic E-state index is 0.00719. The van der Waals surface area contributed by atoms with Gasteiger partial charge >= 0.3 is 0 Å². The highest BCUT2D eigenvalue weighted by Crippen LogP contribution is 2.27. The summed E-state index contributed by atoms with van der Waals surface area (Å²) < 4.78 is 2.02. The van der Waals surface area contributed by atoms with Crippen LogP contribution in [0.5, 0.6) is 0 Å². The lowest BCUT2D eigenvalue weighted by Gasteiger charge is -2.29. The van der Waals surface area contributed by atoms with Crippen LogP contribution in [0.3, 0.4) is 0 Å². The summed E-state index contributed by atoms with van der Waals surface area (Å²) in [6, 6.07) is 34.3. The van der Waals surface area contributed by atoms with E-state index in [1.165, 1.54) is 11.1 Å². The zero-order chi connectivity index (χ0) is 25.4. The van der Waals surface area contributed by atoms with Gasteiger partial charge < -0.3 is 15.2 Å². The van der Waals surface area contributed by atoms with Crippen LogP contribution >= 0.6 is 0 Å². The molecule has 0 unspecified atom stereocenters. The van der Waals surface area contributed by atoms with E-state index in [2.05, 4.69) is 48.5 Å². The lowest BCUT2D eigenvalue weighted by molar-refractivity contribution is 0.0724. The minimum atomic E-state index is -0.484. The molecule has 182 valence electrons. The number of carbonyl (C=O) groups excluding carboxylic acids is 2. The maximum absolute atomic E-state index is 13.9. The van der Waals surface area contributed by atoms with Crippen molar-refractivity contribution in [2.45, 2.75) is 19.5 Å². The predicted octanol–water partition coefficient (Wildman–Crippen LogP) is 5.65. The van der Waals surface area contributed by atoms with Crippen LogP contribution in [-0.4, -0.2) is 27.8 Å². The molecule has 0 aliphatic carbocycles. The third-order valence-electron chi connectivity index (χ3n) is 7.23. The van der Waals surface area contributed by atoms with Crippen LogP contribution < -0.4 is 5.73 Å². The SMILES string of the molecule is NC(=O)c1ccc2cc(C(=O)N3CCc4ccccc4C3)n(Cc3ccc(-c4ccccc4)cc3)c2c1. The van der Waals surface area contributed by atoms with Crippen LogP contribution in [0.2, 0.25) is 0 Å². The maximum atomic E-state index is 13.9. The molecule has 0 spiro atoms. The summed E-state index contributed by atoms with van der Waals surface area (Å²) in [6.45, 7) is 1.77. The van der Waals surface area contributed by atoms with E-state index in [0.717, 1.165) is 34.0 Å². The van der Waals surface area contributed by atoms with Gasteiger partial charge in [0.2, 0.25) is 5.91 Å². The zero-order valence-electron chi connectivity index (χ0n) is 20.4. The normalized spacial score (nSPS) is 12.9. The van der Waals surface area contributed by atoms with Crippen molar-refractivity contribution >= 4 is 22.7 Å². The molecule has 1 aliphatic heterocycles. The number of fused-ring (bicyclic) bond motifs is 2. The van der Waals surface area contributed by atoms with Gasteiger partial charge in [-0.3, -0.25) is 9.59 Å². The first kappa shape index (κ1) is 22.8. The molecule has 2 N–H and O–H groups in total. The number of benzene rings is 4. The smallest absolute Gasteiger partial charge is 0.270 e. The summed E-state index contributed by atoms with van der Waals surface area (Å²) in [5, 5.41) is 0.909. The molecule has 0 saturated heterocycles. The highest BCUT2D eigenvalue weighted by Gasteiger charge is 2.25. The van der Waals surface area contributed by atoms with Crippen molar-refractivity contribution in [3.63, 3.8) is 0 Å². The van der Waals surface area contributed by atoms with Gasteiger partial charge in [-0.15, -0.1) is 0 Å². The van der Waals surface area contributed by atoms with Crippen LogP contribution in [0.1, 0.15) is 37.5 Å². The Morgan fingerprint density at radius 2 is 1.46 bits per heavy atom. The number of primary amides is 1. The van der Waals surface area contributed by atoms with Gasteiger partial charge in [0.15, 0.2) is 0 Å². The Balaban J connectivity index is 1.38. The van der Waals surface area contributed by atoms with Crippen LogP contribution in [-0.2, 0) is 19.5 Å². The van der Waals surface area contributed by atoms with E-state index < -0.39 is 5.91 Å². The first-order chi connectivity index (χ1) is 18.1. The summed E-state index contributed by atoms with van der Waals surface area (Å²) in [4.78, 5) is 27.7. The molecule has 6 rings (SSSR count). The van der Waals surface area contributed by atoms with Crippen molar-refractivity contribution in [1.29, 1.82) is 0 Å². The molecule has 0 saturated carbocycles. The van der Waals surface area contributed by atoms with Gasteiger partial charge in [-0.25, -0.2) is 0 Å². The van der Waals surface area contributed by atoms with E-state index in [1.54, 1.807) is 12.1 Å². The molecule has 0 bridgehead atoms. The molecule has 0 radical (unpaired) electrons. The van der Waals surface area contributed by atoms with E-state index in [1.807, 2.05) is 51.9 Å². The Bertz CT molecular complexity index is 1620. The van der Waals surface area contributed by atoms with E-state index in [4.69, 9.17) is 5.73 Å². The number of carbonyl (C=O) groups is 2. The van der Waals surface area contributed by atoms with Crippen molar-refractivity contribution in [3.8, 4) is 11.1 Å². The molecule has 2 heterocycles. The Labute approximate surface area is 215 Å². The van der Waals surface area contributed by atoms with E-state index in [9.17, 15) is 9.59 Å². The maximum Gasteiger partial charge on any atom is 0.270 e. The van der Waals surface area contributed by atoms with Crippen molar-refractivity contribution in [3.05, 3.63) is 131 Å². The average Bonchev–Trinajstić information content (AvgIpc) is 3.30. The number of aromatic nitrogens is 1. The second kappa shape index (κ2) is 9.43. The number of hydrogen-bond donors (Lipinski definition) is 1. The third-order valence-corrected chi connectivity index (χ3v) is 7.23. The van der Waals surface area contributed by atoms with Gasteiger partial charge in [0.1, 0.15) is 5.69 Å². The molecule has 4 aromatic carbocycles. The zero-order valence-corrected chi connectivity index (χ0v) is 20.4. The fourth-order valence-corrected chi connectivity index (χ4v) is 5.20. The van der Waals surface area contributed by atoms with Crippen molar-refractivity contribution in [2.24, 2.45) is 5.73 Å². The Hall–Kier alpha value is -4.64. The molecule has 1 aliphatic rings. The number of amides is 2. The van der Waals surface area contributed by atoms with Gasteiger partial charge in [-0.1, -0.05) is 84.9 Å². The van der Waals surface area contributed by atoms with Crippen molar-refractivity contribution < 1.29 is 9.59 Å². The molecule has 0 fully saturated rings. The van der Waals surface area contributed by atoms with Crippen LogP contribution in [0, 0.1) is 0 Å². The van der Waals surface area contributed by atoms with Gasteiger partial charge in [0.05, 0.1) is 0 Å². The summed E-state index contributed by atoms with van der Waals surface area (Å²) in [7, 11) is 0. The van der Waals surface area contributed by atoms with Crippen LogP contribution in [0.15, 0.2) is 103 Å². The Morgan fingerprint density at radius 3 is 2.22 bits per heavy atom. The summed E-state index contributed by atoms with van der Waals surface area (Å²) in [5.41, 5.74) is 13.3.